The highest BCUT2D eigenvalue weighted by atomic mass is 32.2. The molecule has 0 unspecified atom stereocenters. The molecule has 10 heteroatoms. The number of amides is 1. The fraction of sp³-hybridized carbons (Fsp3) is 0.211. The molecule has 2 aromatic carbocycles. The summed E-state index contributed by atoms with van der Waals surface area (Å²) in [7, 11) is -2.14. The molecule has 152 valence electrons. The molecule has 1 amide bonds. The molecule has 1 aromatic heterocycles. The normalized spacial score (nSPS) is 12.1. The fourth-order valence-electron chi connectivity index (χ4n) is 2.52. The fourth-order valence-corrected chi connectivity index (χ4v) is 4.32. The second-order valence-electron chi connectivity index (χ2n) is 6.06. The van der Waals surface area contributed by atoms with E-state index in [-0.39, 0.29) is 22.8 Å². The molecule has 0 saturated heterocycles. The molecule has 3 rings (SSSR count). The molecule has 0 aliphatic heterocycles. The van der Waals surface area contributed by atoms with Gasteiger partial charge >= 0.3 is 5.97 Å². The van der Waals surface area contributed by atoms with Gasteiger partial charge < -0.3 is 14.0 Å². The Kier molecular flexibility index (Phi) is 6.14. The number of hydrogen-bond donors (Lipinski definition) is 0. The Hall–Kier alpha value is -2.98. The maximum Gasteiger partial charge on any atom is 0.325 e. The molecule has 0 aliphatic carbocycles. The molecule has 0 N–H and O–H groups in total. The Bertz CT molecular complexity index is 1230. The van der Waals surface area contributed by atoms with Gasteiger partial charge in [0, 0.05) is 6.26 Å². The minimum absolute atomic E-state index is 0.141. The van der Waals surface area contributed by atoms with E-state index in [0.29, 0.717) is 16.0 Å². The smallest absolute Gasteiger partial charge is 0.325 e. The highest BCUT2D eigenvalue weighted by Gasteiger charge is 2.15. The highest BCUT2D eigenvalue weighted by molar-refractivity contribution is 7.90. The summed E-state index contributed by atoms with van der Waals surface area (Å²) in [6, 6.07) is 13.4. The van der Waals surface area contributed by atoms with Gasteiger partial charge in [0.1, 0.15) is 12.3 Å². The second-order valence-corrected chi connectivity index (χ2v) is 9.08. The number of nitrogens with zero attached hydrogens (tertiary/aromatic N) is 2. The summed E-state index contributed by atoms with van der Waals surface area (Å²) < 4.78 is 35.8. The molecule has 0 bridgehead atoms. The van der Waals surface area contributed by atoms with Gasteiger partial charge in [-0.2, -0.15) is 4.99 Å². The molecule has 1 heterocycles. The van der Waals surface area contributed by atoms with Gasteiger partial charge in [-0.25, -0.2) is 8.42 Å². The third-order valence-electron chi connectivity index (χ3n) is 3.92. The first kappa shape index (κ1) is 20.7. The lowest BCUT2D eigenvalue weighted by atomic mass is 10.3. The van der Waals surface area contributed by atoms with Crippen LogP contribution < -0.4 is 9.54 Å². The van der Waals surface area contributed by atoms with Crippen molar-refractivity contribution in [3.63, 3.8) is 0 Å². The van der Waals surface area contributed by atoms with Crippen molar-refractivity contribution >= 4 is 43.3 Å². The van der Waals surface area contributed by atoms with Crippen molar-refractivity contribution in [2.24, 2.45) is 4.99 Å². The van der Waals surface area contributed by atoms with Crippen LogP contribution in [-0.4, -0.2) is 44.8 Å². The van der Waals surface area contributed by atoms with Crippen LogP contribution in [0.5, 0.6) is 5.75 Å². The van der Waals surface area contributed by atoms with E-state index in [4.69, 9.17) is 9.47 Å². The molecular formula is C19H18N2O6S2. The molecule has 0 radical (unpaired) electrons. The zero-order valence-corrected chi connectivity index (χ0v) is 17.3. The van der Waals surface area contributed by atoms with Gasteiger partial charge in [-0.1, -0.05) is 29.5 Å². The summed E-state index contributed by atoms with van der Waals surface area (Å²) in [6.45, 7) is -0.439. The van der Waals surface area contributed by atoms with E-state index in [2.05, 4.69) is 4.99 Å². The Balaban J connectivity index is 1.99. The molecule has 0 saturated carbocycles. The molecule has 0 atom stereocenters. The van der Waals surface area contributed by atoms with Gasteiger partial charge in [-0.15, -0.1) is 0 Å². The van der Waals surface area contributed by atoms with E-state index in [1.165, 1.54) is 23.8 Å². The molecular weight excluding hydrogens is 416 g/mol. The summed E-state index contributed by atoms with van der Waals surface area (Å²) in [6.07, 6.45) is 1.11. The summed E-state index contributed by atoms with van der Waals surface area (Å²) >= 11 is 1.10. The molecule has 0 fully saturated rings. The van der Waals surface area contributed by atoms with Crippen LogP contribution in [0.4, 0.5) is 0 Å². The van der Waals surface area contributed by atoms with Crippen molar-refractivity contribution < 1.29 is 27.5 Å². The summed E-state index contributed by atoms with van der Waals surface area (Å²) in [5.74, 6) is -0.527. The number of para-hydroxylation sites is 1. The van der Waals surface area contributed by atoms with E-state index < -0.39 is 21.7 Å². The van der Waals surface area contributed by atoms with Crippen molar-refractivity contribution in [1.29, 1.82) is 0 Å². The van der Waals surface area contributed by atoms with Gasteiger partial charge in [0.2, 0.25) is 0 Å². The van der Waals surface area contributed by atoms with Gasteiger partial charge in [0.05, 0.1) is 22.2 Å². The number of carbonyl (C=O) groups excluding carboxylic acids is 2. The largest absolute Gasteiger partial charge is 0.484 e. The van der Waals surface area contributed by atoms with Gasteiger partial charge in [0.25, 0.3) is 5.91 Å². The maximum atomic E-state index is 12.3. The first-order valence-corrected chi connectivity index (χ1v) is 11.1. The van der Waals surface area contributed by atoms with Crippen LogP contribution >= 0.6 is 11.3 Å². The van der Waals surface area contributed by atoms with Gasteiger partial charge in [0.15, 0.2) is 21.2 Å². The number of fused-ring (bicyclic) bond motifs is 1. The number of benzene rings is 2. The second kappa shape index (κ2) is 8.58. The first-order valence-electron chi connectivity index (χ1n) is 8.43. The zero-order valence-electron chi connectivity index (χ0n) is 15.7. The van der Waals surface area contributed by atoms with Gasteiger partial charge in [-0.3, -0.25) is 9.59 Å². The van der Waals surface area contributed by atoms with Crippen molar-refractivity contribution in [2.45, 2.75) is 11.4 Å². The van der Waals surface area contributed by atoms with Crippen molar-refractivity contribution in [1.82, 2.24) is 4.57 Å². The van der Waals surface area contributed by atoms with Crippen LogP contribution in [0.15, 0.2) is 58.4 Å². The predicted octanol–water partition coefficient (Wildman–Crippen LogP) is 1.79. The Morgan fingerprint density at radius 2 is 1.86 bits per heavy atom. The van der Waals surface area contributed by atoms with E-state index in [9.17, 15) is 18.0 Å². The van der Waals surface area contributed by atoms with Crippen LogP contribution in [0.25, 0.3) is 10.2 Å². The summed E-state index contributed by atoms with van der Waals surface area (Å²) in [5.41, 5.74) is 0.573. The number of aromatic nitrogens is 1. The summed E-state index contributed by atoms with van der Waals surface area (Å²) in [5, 5.41) is 0. The number of thiazole rings is 1. The lowest BCUT2D eigenvalue weighted by Gasteiger charge is -2.05. The van der Waals surface area contributed by atoms with Crippen molar-refractivity contribution in [2.75, 3.05) is 20.0 Å². The minimum atomic E-state index is -3.40. The Morgan fingerprint density at radius 3 is 2.52 bits per heavy atom. The number of sulfone groups is 1. The maximum absolute atomic E-state index is 12.3. The SMILES string of the molecule is COC(=O)Cn1c(=NC(=O)COc2ccccc2)sc2cc(S(C)(=O)=O)ccc21. The topological polar surface area (TPSA) is 104 Å². The molecule has 0 aliphatic rings. The third kappa shape index (κ3) is 5.09. The molecule has 29 heavy (non-hydrogen) atoms. The predicted molar refractivity (Wildman–Crippen MR) is 107 cm³/mol. The molecule has 3 aromatic rings. The van der Waals surface area contributed by atoms with Crippen LogP contribution in [0.2, 0.25) is 0 Å². The van der Waals surface area contributed by atoms with E-state index >= 15 is 0 Å². The number of esters is 1. The number of methoxy groups -OCH3 is 1. The number of rotatable bonds is 6. The standard InChI is InChI=1S/C19H18N2O6S2/c1-26-18(23)11-21-15-9-8-14(29(2,24)25)10-16(15)28-19(21)20-17(22)12-27-13-6-4-3-5-7-13/h3-10H,11-12H2,1-2H3. The first-order chi connectivity index (χ1) is 13.8. The zero-order chi connectivity index (χ0) is 21.0. The summed E-state index contributed by atoms with van der Waals surface area (Å²) in [4.78, 5) is 28.5. The third-order valence-corrected chi connectivity index (χ3v) is 6.07. The van der Waals surface area contributed by atoms with Crippen LogP contribution in [0.3, 0.4) is 0 Å². The number of carbonyl (C=O) groups is 2. The lowest BCUT2D eigenvalue weighted by molar-refractivity contribution is -0.141. The van der Waals surface area contributed by atoms with Crippen molar-refractivity contribution in [3.05, 3.63) is 53.3 Å². The van der Waals surface area contributed by atoms with Crippen molar-refractivity contribution in [3.8, 4) is 5.75 Å². The monoisotopic (exact) mass is 434 g/mol. The Morgan fingerprint density at radius 1 is 1.14 bits per heavy atom. The van der Waals surface area contributed by atoms with E-state index in [1.54, 1.807) is 30.3 Å². The van der Waals surface area contributed by atoms with E-state index in [0.717, 1.165) is 17.6 Å². The van der Waals surface area contributed by atoms with E-state index in [1.807, 2.05) is 6.07 Å². The minimum Gasteiger partial charge on any atom is -0.484 e. The van der Waals surface area contributed by atoms with Gasteiger partial charge in [-0.05, 0) is 30.3 Å². The number of hydrogen-bond acceptors (Lipinski definition) is 7. The molecule has 0 spiro atoms. The highest BCUT2D eigenvalue weighted by Crippen LogP contribution is 2.22. The number of ether oxygens (including phenoxy) is 2. The lowest BCUT2D eigenvalue weighted by Crippen LogP contribution is -2.23. The van der Waals surface area contributed by atoms with Crippen LogP contribution in [-0.2, 0) is 30.7 Å². The molecule has 8 nitrogen and oxygen atoms in total. The quantitative estimate of drug-likeness (QED) is 0.548. The van der Waals surface area contributed by atoms with Crippen LogP contribution in [0, 0.1) is 0 Å². The average molecular weight is 434 g/mol. The average Bonchev–Trinajstić information content (AvgIpc) is 3.02. The Labute approximate surface area is 171 Å². The van der Waals surface area contributed by atoms with Crippen LogP contribution in [0.1, 0.15) is 0 Å².